The molecule has 5 nitrogen and oxygen atoms in total. The third-order valence-electron chi connectivity index (χ3n) is 7.78. The molecule has 3 aliphatic rings. The Labute approximate surface area is 203 Å². The molecule has 0 spiro atoms. The number of fused-ring (bicyclic) bond motifs is 2. The minimum atomic E-state index is -0.240. The number of carbonyl (C=O) groups is 1. The zero-order chi connectivity index (χ0) is 23.7. The van der Waals surface area contributed by atoms with E-state index in [4.69, 9.17) is 0 Å². The first-order valence-corrected chi connectivity index (χ1v) is 13.0. The van der Waals surface area contributed by atoms with Crippen LogP contribution in [0.1, 0.15) is 76.3 Å². The lowest BCUT2D eigenvalue weighted by molar-refractivity contribution is -0.123. The molecule has 0 bridgehead atoms. The topological polar surface area (TPSA) is 65.5 Å². The van der Waals surface area contributed by atoms with E-state index in [0.29, 0.717) is 13.0 Å². The molecule has 2 aromatic rings. The molecule has 2 N–H and O–H groups in total. The summed E-state index contributed by atoms with van der Waals surface area (Å²) in [4.78, 5) is 20.5. The SMILES string of the molecule is CC(C)CC1CCC(C(=O)N2Cc3cccnc3Nc3ccc(C4=CCC(O)CC4)cc32)CC1. The number of rotatable bonds is 4. The highest BCUT2D eigenvalue weighted by Crippen LogP contribution is 2.41. The van der Waals surface area contributed by atoms with E-state index < -0.39 is 0 Å². The van der Waals surface area contributed by atoms with Gasteiger partial charge in [0.2, 0.25) is 5.91 Å². The third kappa shape index (κ3) is 4.90. The lowest BCUT2D eigenvalue weighted by atomic mass is 9.78. The van der Waals surface area contributed by atoms with Crippen molar-refractivity contribution in [1.29, 1.82) is 0 Å². The highest BCUT2D eigenvalue weighted by Gasteiger charge is 2.33. The summed E-state index contributed by atoms with van der Waals surface area (Å²) in [6.45, 7) is 5.13. The standard InChI is InChI=1S/C29H37N3O2/c1-19(2)16-20-5-7-22(8-6-20)29(34)32-18-24-4-3-15-30-28(24)31-26-14-11-23(17-27(26)32)21-9-12-25(33)13-10-21/h3-4,9,11,14-15,17,19-20,22,25,33H,5-8,10,12-13,16,18H2,1-2H3,(H,30,31). The van der Waals surface area contributed by atoms with Crippen LogP contribution in [0.5, 0.6) is 0 Å². The Morgan fingerprint density at radius 1 is 1.18 bits per heavy atom. The van der Waals surface area contributed by atoms with Gasteiger partial charge in [0.15, 0.2) is 0 Å². The van der Waals surface area contributed by atoms with Crippen molar-refractivity contribution in [2.45, 2.75) is 77.9 Å². The highest BCUT2D eigenvalue weighted by atomic mass is 16.3. The number of amides is 1. The van der Waals surface area contributed by atoms with Crippen molar-refractivity contribution in [2.24, 2.45) is 17.8 Å². The van der Waals surface area contributed by atoms with Crippen LogP contribution < -0.4 is 10.2 Å². The summed E-state index contributed by atoms with van der Waals surface area (Å²) >= 11 is 0. The number of aromatic nitrogens is 1. The number of benzene rings is 1. The second-order valence-electron chi connectivity index (χ2n) is 10.8. The van der Waals surface area contributed by atoms with Crippen molar-refractivity contribution in [3.63, 3.8) is 0 Å². The van der Waals surface area contributed by atoms with Gasteiger partial charge in [-0.25, -0.2) is 4.98 Å². The molecule has 1 aliphatic heterocycles. The van der Waals surface area contributed by atoms with Gasteiger partial charge in [-0.1, -0.05) is 32.1 Å². The van der Waals surface area contributed by atoms with Crippen LogP contribution in [0.2, 0.25) is 0 Å². The first-order chi connectivity index (χ1) is 16.5. The number of nitrogens with one attached hydrogen (secondary N) is 1. The van der Waals surface area contributed by atoms with Crippen LogP contribution in [0, 0.1) is 17.8 Å². The number of nitrogens with zero attached hydrogens (tertiary/aromatic N) is 2. The Hall–Kier alpha value is -2.66. The highest BCUT2D eigenvalue weighted by molar-refractivity contribution is 6.00. The summed E-state index contributed by atoms with van der Waals surface area (Å²) in [5.74, 6) is 2.63. The van der Waals surface area contributed by atoms with Crippen molar-refractivity contribution in [3.8, 4) is 0 Å². The zero-order valence-corrected chi connectivity index (χ0v) is 20.5. The van der Waals surface area contributed by atoms with Crippen molar-refractivity contribution < 1.29 is 9.90 Å². The van der Waals surface area contributed by atoms with Gasteiger partial charge in [0.25, 0.3) is 0 Å². The lowest BCUT2D eigenvalue weighted by Gasteiger charge is -2.33. The number of anilines is 3. The van der Waals surface area contributed by atoms with Crippen LogP contribution in [0.15, 0.2) is 42.6 Å². The molecule has 1 aromatic carbocycles. The van der Waals surface area contributed by atoms with E-state index in [-0.39, 0.29) is 17.9 Å². The number of aliphatic hydroxyl groups is 1. The number of allylic oxidation sites excluding steroid dienone is 1. The average molecular weight is 460 g/mol. The lowest BCUT2D eigenvalue weighted by Crippen LogP contribution is -2.37. The summed E-state index contributed by atoms with van der Waals surface area (Å²) in [7, 11) is 0. The Morgan fingerprint density at radius 2 is 2.00 bits per heavy atom. The number of carbonyl (C=O) groups excluding carboxylic acids is 1. The van der Waals surface area contributed by atoms with E-state index in [1.807, 2.05) is 11.0 Å². The second kappa shape index (κ2) is 9.91. The molecule has 1 fully saturated rings. The predicted molar refractivity (Wildman–Crippen MR) is 138 cm³/mol. The van der Waals surface area contributed by atoms with Gasteiger partial charge in [0.1, 0.15) is 5.82 Å². The fourth-order valence-electron chi connectivity index (χ4n) is 5.93. The van der Waals surface area contributed by atoms with Crippen molar-refractivity contribution >= 4 is 28.7 Å². The van der Waals surface area contributed by atoms with Gasteiger partial charge in [-0.05, 0) is 92.5 Å². The molecular formula is C29H37N3O2. The summed E-state index contributed by atoms with van der Waals surface area (Å²) in [5, 5.41) is 13.4. The van der Waals surface area contributed by atoms with Gasteiger partial charge in [0, 0.05) is 17.7 Å². The van der Waals surface area contributed by atoms with Gasteiger partial charge < -0.3 is 15.3 Å². The molecule has 2 aliphatic carbocycles. The average Bonchev–Trinajstić information content (AvgIpc) is 3.00. The van der Waals surface area contributed by atoms with Crippen LogP contribution in [0.25, 0.3) is 5.57 Å². The van der Waals surface area contributed by atoms with Crippen molar-refractivity contribution in [1.82, 2.24) is 4.98 Å². The molecule has 0 saturated heterocycles. The van der Waals surface area contributed by atoms with Crippen LogP contribution in [0.4, 0.5) is 17.2 Å². The summed E-state index contributed by atoms with van der Waals surface area (Å²) in [6, 6.07) is 10.4. The number of hydrogen-bond acceptors (Lipinski definition) is 4. The van der Waals surface area contributed by atoms with Gasteiger partial charge in [-0.3, -0.25) is 4.79 Å². The summed E-state index contributed by atoms with van der Waals surface area (Å²) in [6.07, 6.45) is 11.6. The molecule has 180 valence electrons. The van der Waals surface area contributed by atoms with Crippen LogP contribution in [0.3, 0.4) is 0 Å². The maximum atomic E-state index is 14.0. The van der Waals surface area contributed by atoms with E-state index in [0.717, 1.165) is 78.7 Å². The summed E-state index contributed by atoms with van der Waals surface area (Å²) < 4.78 is 0. The second-order valence-corrected chi connectivity index (χ2v) is 10.8. The van der Waals surface area contributed by atoms with E-state index in [9.17, 15) is 9.90 Å². The normalized spacial score (nSPS) is 24.5. The first kappa shape index (κ1) is 23.1. The maximum Gasteiger partial charge on any atom is 0.230 e. The number of pyridine rings is 1. The Balaban J connectivity index is 1.45. The van der Waals surface area contributed by atoms with E-state index >= 15 is 0 Å². The molecule has 1 atom stereocenters. The molecule has 1 saturated carbocycles. The molecule has 2 heterocycles. The Bertz CT molecular complexity index is 1070. The van der Waals surface area contributed by atoms with Crippen LogP contribution in [-0.4, -0.2) is 22.1 Å². The maximum absolute atomic E-state index is 14.0. The number of aliphatic hydroxyl groups excluding tert-OH is 1. The third-order valence-corrected chi connectivity index (χ3v) is 7.78. The first-order valence-electron chi connectivity index (χ1n) is 13.0. The van der Waals surface area contributed by atoms with Crippen molar-refractivity contribution in [2.75, 3.05) is 10.2 Å². The van der Waals surface area contributed by atoms with E-state index in [1.54, 1.807) is 6.20 Å². The monoisotopic (exact) mass is 459 g/mol. The summed E-state index contributed by atoms with van der Waals surface area (Å²) in [5.41, 5.74) is 5.32. The quantitative estimate of drug-likeness (QED) is 0.551. The predicted octanol–water partition coefficient (Wildman–Crippen LogP) is 6.45. The molecule has 34 heavy (non-hydrogen) atoms. The minimum Gasteiger partial charge on any atom is -0.393 e. The smallest absolute Gasteiger partial charge is 0.230 e. The number of hydrogen-bond donors (Lipinski definition) is 2. The molecular weight excluding hydrogens is 422 g/mol. The fraction of sp³-hybridized carbons (Fsp3) is 0.517. The van der Waals surface area contributed by atoms with Crippen LogP contribution >= 0.6 is 0 Å². The molecule has 1 unspecified atom stereocenters. The molecule has 5 rings (SSSR count). The van der Waals surface area contributed by atoms with Crippen LogP contribution in [-0.2, 0) is 11.3 Å². The van der Waals surface area contributed by atoms with Gasteiger partial charge in [-0.2, -0.15) is 0 Å². The van der Waals surface area contributed by atoms with Crippen molar-refractivity contribution in [3.05, 3.63) is 53.7 Å². The van der Waals surface area contributed by atoms with E-state index in [1.165, 1.54) is 12.0 Å². The minimum absolute atomic E-state index is 0.0854. The molecule has 1 aromatic heterocycles. The molecule has 5 heteroatoms. The molecule has 1 amide bonds. The Kier molecular flexibility index (Phi) is 6.73. The zero-order valence-electron chi connectivity index (χ0n) is 20.5. The largest absolute Gasteiger partial charge is 0.393 e. The van der Waals surface area contributed by atoms with Gasteiger partial charge in [-0.15, -0.1) is 0 Å². The fourth-order valence-corrected chi connectivity index (χ4v) is 5.93. The van der Waals surface area contributed by atoms with Gasteiger partial charge in [0.05, 0.1) is 24.0 Å². The molecule has 0 radical (unpaired) electrons. The van der Waals surface area contributed by atoms with E-state index in [2.05, 4.69) is 54.5 Å². The van der Waals surface area contributed by atoms with Gasteiger partial charge >= 0.3 is 0 Å². The Morgan fingerprint density at radius 3 is 2.74 bits per heavy atom.